The fourth-order valence-corrected chi connectivity index (χ4v) is 1.76. The van der Waals surface area contributed by atoms with Gasteiger partial charge in [-0.05, 0) is 12.8 Å². The second-order valence-electron chi connectivity index (χ2n) is 3.39. The van der Waals surface area contributed by atoms with E-state index in [4.69, 9.17) is 0 Å². The molecule has 2 rings (SSSR count). The van der Waals surface area contributed by atoms with Crippen molar-refractivity contribution in [2.45, 2.75) is 38.5 Å². The Kier molecular flexibility index (Phi) is 2.32. The molecule has 0 amide bonds. The molecule has 0 aromatic rings. The quantitative estimate of drug-likeness (QED) is 0.391. The van der Waals surface area contributed by atoms with Crippen molar-refractivity contribution >= 4 is 0 Å². The molecule has 0 aromatic carbocycles. The molecule has 2 saturated carbocycles. The number of hydrogen-bond donors (Lipinski definition) is 0. The van der Waals surface area contributed by atoms with Gasteiger partial charge in [-0.2, -0.15) is 12.8 Å². The largest absolute Gasteiger partial charge is 0.328 e. The Hall–Kier alpha value is 0.623. The summed E-state index contributed by atoms with van der Waals surface area (Å²) in [5.41, 5.74) is 0.873. The van der Waals surface area contributed by atoms with Gasteiger partial charge in [0.15, 0.2) is 0 Å². The molecule has 9 heavy (non-hydrogen) atoms. The molecule has 0 radical (unpaired) electrons. The Labute approximate surface area is 70.2 Å². The summed E-state index contributed by atoms with van der Waals surface area (Å²) in [6.45, 7) is 0. The van der Waals surface area contributed by atoms with Crippen LogP contribution in [0, 0.1) is 11.8 Å². The molecule has 0 unspecified atom stereocenters. The van der Waals surface area contributed by atoms with Crippen LogP contribution >= 0.6 is 0 Å². The molecule has 0 aromatic heterocycles. The van der Waals surface area contributed by atoms with E-state index in [9.17, 15) is 0 Å². The third-order valence-corrected chi connectivity index (χ3v) is 2.65. The van der Waals surface area contributed by atoms with E-state index in [1.807, 2.05) is 0 Å². The summed E-state index contributed by atoms with van der Waals surface area (Å²) < 4.78 is 0. The van der Waals surface area contributed by atoms with E-state index in [-0.39, 0.29) is 19.5 Å². The van der Waals surface area contributed by atoms with Crippen molar-refractivity contribution in [2.75, 3.05) is 0 Å². The van der Waals surface area contributed by atoms with E-state index in [0.717, 1.165) is 5.41 Å². The van der Waals surface area contributed by atoms with Crippen LogP contribution in [0.4, 0.5) is 0 Å². The zero-order valence-electron chi connectivity index (χ0n) is 6.03. The molecule has 1 spiro atoms. The van der Waals surface area contributed by atoms with Crippen LogP contribution in [0.1, 0.15) is 38.5 Å². The zero-order valence-corrected chi connectivity index (χ0v) is 8.99. The molecular formula is C8H13Zn-. The van der Waals surface area contributed by atoms with E-state index >= 15 is 0 Å². The smallest absolute Gasteiger partial charge is 0 e. The Morgan fingerprint density at radius 1 is 1.11 bits per heavy atom. The summed E-state index contributed by atoms with van der Waals surface area (Å²) in [5, 5.41) is 0. The maximum atomic E-state index is 2.48. The fourth-order valence-electron chi connectivity index (χ4n) is 1.76. The first-order valence-corrected chi connectivity index (χ1v) is 3.73. The van der Waals surface area contributed by atoms with Gasteiger partial charge < -0.3 is 6.42 Å². The first-order valence-electron chi connectivity index (χ1n) is 3.73. The van der Waals surface area contributed by atoms with Gasteiger partial charge in [0.2, 0.25) is 0 Å². The second kappa shape index (κ2) is 2.70. The summed E-state index contributed by atoms with van der Waals surface area (Å²) >= 11 is 0. The Bertz CT molecular complexity index is 86.7. The van der Waals surface area contributed by atoms with E-state index in [0.29, 0.717) is 0 Å². The number of hydrogen-bond acceptors (Lipinski definition) is 0. The van der Waals surface area contributed by atoms with Crippen molar-refractivity contribution in [3.05, 3.63) is 6.42 Å². The molecule has 2 aliphatic rings. The van der Waals surface area contributed by atoms with Gasteiger partial charge in [-0.25, -0.2) is 0 Å². The van der Waals surface area contributed by atoms with Crippen molar-refractivity contribution in [3.63, 3.8) is 0 Å². The van der Waals surface area contributed by atoms with E-state index in [2.05, 4.69) is 6.42 Å². The average molecular weight is 175 g/mol. The van der Waals surface area contributed by atoms with Gasteiger partial charge in [0.1, 0.15) is 0 Å². The van der Waals surface area contributed by atoms with Crippen molar-refractivity contribution in [1.82, 2.24) is 0 Å². The first-order chi connectivity index (χ1) is 3.91. The standard InChI is InChI=1S/C8H13.Zn/c1-2-4-8(5-3-1)6-7-8;/h2H,1,3-7H2;/q-1;. The Balaban J connectivity index is 0.000000405. The second-order valence-corrected chi connectivity index (χ2v) is 3.39. The zero-order chi connectivity index (χ0) is 5.45. The molecule has 2 fully saturated rings. The summed E-state index contributed by atoms with van der Waals surface area (Å²) in [6.07, 6.45) is 11.4. The molecule has 0 atom stereocenters. The predicted octanol–water partition coefficient (Wildman–Crippen LogP) is 2.54. The summed E-state index contributed by atoms with van der Waals surface area (Å²) in [5.74, 6) is 0. The van der Waals surface area contributed by atoms with Gasteiger partial charge in [-0.3, -0.25) is 0 Å². The minimum absolute atomic E-state index is 0. The molecule has 0 bridgehead atoms. The van der Waals surface area contributed by atoms with Gasteiger partial charge in [-0.1, -0.05) is 18.3 Å². The molecule has 0 heterocycles. The van der Waals surface area contributed by atoms with Crippen molar-refractivity contribution in [1.29, 1.82) is 0 Å². The molecule has 0 N–H and O–H groups in total. The third kappa shape index (κ3) is 1.55. The SMILES string of the molecule is [CH-]1CCCC2(C1)CC2.[Zn]. The summed E-state index contributed by atoms with van der Waals surface area (Å²) in [7, 11) is 0. The van der Waals surface area contributed by atoms with E-state index in [1.165, 1.54) is 38.5 Å². The Morgan fingerprint density at radius 2 is 1.89 bits per heavy atom. The van der Waals surface area contributed by atoms with Gasteiger partial charge in [0.05, 0.1) is 0 Å². The predicted molar refractivity (Wildman–Crippen MR) is 34.4 cm³/mol. The van der Waals surface area contributed by atoms with Gasteiger partial charge in [0, 0.05) is 19.5 Å². The van der Waals surface area contributed by atoms with E-state index < -0.39 is 0 Å². The molecular weight excluding hydrogens is 161 g/mol. The van der Waals surface area contributed by atoms with Crippen LogP contribution < -0.4 is 0 Å². The van der Waals surface area contributed by atoms with Crippen LogP contribution in [0.5, 0.6) is 0 Å². The van der Waals surface area contributed by atoms with Crippen LogP contribution in [0.3, 0.4) is 0 Å². The van der Waals surface area contributed by atoms with E-state index in [1.54, 1.807) is 0 Å². The third-order valence-electron chi connectivity index (χ3n) is 2.65. The monoisotopic (exact) mass is 173 g/mol. The van der Waals surface area contributed by atoms with Crippen LogP contribution in [0.25, 0.3) is 0 Å². The van der Waals surface area contributed by atoms with Gasteiger partial charge >= 0.3 is 0 Å². The summed E-state index contributed by atoms with van der Waals surface area (Å²) in [6, 6.07) is 0. The fraction of sp³-hybridized carbons (Fsp3) is 0.875. The molecule has 1 heteroatoms. The molecule has 0 saturated heterocycles. The van der Waals surface area contributed by atoms with Crippen molar-refractivity contribution in [2.24, 2.45) is 5.41 Å². The van der Waals surface area contributed by atoms with Crippen molar-refractivity contribution in [3.8, 4) is 0 Å². The van der Waals surface area contributed by atoms with Gasteiger partial charge in [0.25, 0.3) is 0 Å². The minimum atomic E-state index is 0. The maximum Gasteiger partial charge on any atom is 0 e. The molecule has 0 aliphatic heterocycles. The Morgan fingerprint density at radius 3 is 2.22 bits per heavy atom. The normalized spacial score (nSPS) is 29.3. The van der Waals surface area contributed by atoms with Crippen LogP contribution in [0.2, 0.25) is 0 Å². The summed E-state index contributed by atoms with van der Waals surface area (Å²) in [4.78, 5) is 0. The molecule has 48 valence electrons. The molecule has 2 aliphatic carbocycles. The van der Waals surface area contributed by atoms with Gasteiger partial charge in [-0.15, -0.1) is 0 Å². The van der Waals surface area contributed by atoms with Crippen LogP contribution in [-0.4, -0.2) is 0 Å². The van der Waals surface area contributed by atoms with Crippen LogP contribution in [0.15, 0.2) is 0 Å². The first kappa shape index (κ1) is 7.73. The number of rotatable bonds is 0. The average Bonchev–Trinajstić information content (AvgIpc) is 2.52. The van der Waals surface area contributed by atoms with Crippen LogP contribution in [-0.2, 0) is 19.5 Å². The van der Waals surface area contributed by atoms with Crippen molar-refractivity contribution < 1.29 is 19.5 Å². The topological polar surface area (TPSA) is 0 Å². The molecule has 0 nitrogen and oxygen atoms in total. The minimum Gasteiger partial charge on any atom is -0.328 e. The maximum absolute atomic E-state index is 2.48.